The maximum atomic E-state index is 13.4. The Hall–Kier alpha value is -0.546. The summed E-state index contributed by atoms with van der Waals surface area (Å²) in [6.07, 6.45) is 6.42. The van der Waals surface area contributed by atoms with Gasteiger partial charge in [-0.2, -0.15) is 0 Å². The minimum absolute atomic E-state index is 0.159. The Morgan fingerprint density at radius 1 is 0.800 bits per heavy atom. The quantitative estimate of drug-likeness (QED) is 0.147. The van der Waals surface area contributed by atoms with Crippen molar-refractivity contribution in [3.8, 4) is 0 Å². The standard InChI is InChI=1S/C27H53NO5Si2/c1-7-34(8-2,9-3)32-27(33-35(10-4,11-5)12-6)20-14-13-17-24-25(28-24)19-21-31-26(30)18-15-16-23(29)22-27/h24-25,28H,7-22H2,1-6H3. The minimum Gasteiger partial charge on any atom is -0.466 e. The van der Waals surface area contributed by atoms with Gasteiger partial charge < -0.3 is 18.9 Å². The summed E-state index contributed by atoms with van der Waals surface area (Å²) >= 11 is 0. The van der Waals surface area contributed by atoms with Crippen molar-refractivity contribution in [1.29, 1.82) is 0 Å². The van der Waals surface area contributed by atoms with E-state index in [0.29, 0.717) is 44.4 Å². The van der Waals surface area contributed by atoms with Gasteiger partial charge in [0.15, 0.2) is 22.4 Å². The molecule has 2 aliphatic rings. The van der Waals surface area contributed by atoms with Gasteiger partial charge in [-0.3, -0.25) is 9.59 Å². The normalized spacial score (nSPS) is 25.1. The highest BCUT2D eigenvalue weighted by molar-refractivity contribution is 6.74. The van der Waals surface area contributed by atoms with E-state index in [9.17, 15) is 9.59 Å². The molecule has 0 aromatic rings. The number of ether oxygens (including phenoxy) is 1. The van der Waals surface area contributed by atoms with E-state index in [2.05, 4.69) is 46.9 Å². The molecule has 0 amide bonds. The van der Waals surface area contributed by atoms with Gasteiger partial charge in [-0.15, -0.1) is 0 Å². The van der Waals surface area contributed by atoms with Crippen LogP contribution in [0.5, 0.6) is 0 Å². The number of Topliss-reactive ketones (excluding diaryl/α,β-unsaturated/α-hetero) is 1. The fourth-order valence-electron chi connectivity index (χ4n) is 5.74. The molecular weight excluding hydrogens is 474 g/mol. The topological polar surface area (TPSA) is 83.8 Å². The summed E-state index contributed by atoms with van der Waals surface area (Å²) in [5.74, 6) is -0.844. The Balaban J connectivity index is 2.35. The molecule has 6 nitrogen and oxygen atoms in total. The molecule has 2 aliphatic heterocycles. The van der Waals surface area contributed by atoms with Crippen LogP contribution in [0.3, 0.4) is 0 Å². The van der Waals surface area contributed by atoms with E-state index in [1.807, 2.05) is 0 Å². The van der Waals surface area contributed by atoms with E-state index >= 15 is 0 Å². The second kappa shape index (κ2) is 14.4. The summed E-state index contributed by atoms with van der Waals surface area (Å²) in [6, 6.07) is 7.22. The zero-order chi connectivity index (χ0) is 26.0. The third-order valence-electron chi connectivity index (χ3n) is 8.79. The highest BCUT2D eigenvalue weighted by Crippen LogP contribution is 2.40. The van der Waals surface area contributed by atoms with E-state index in [4.69, 9.17) is 13.6 Å². The predicted molar refractivity (Wildman–Crippen MR) is 148 cm³/mol. The fourth-order valence-corrected chi connectivity index (χ4v) is 11.7. The summed E-state index contributed by atoms with van der Waals surface area (Å²) in [4.78, 5) is 25.5. The van der Waals surface area contributed by atoms with Crippen molar-refractivity contribution in [3.05, 3.63) is 0 Å². The maximum Gasteiger partial charge on any atom is 0.305 e. The number of carbonyl (C=O) groups excluding carboxylic acids is 2. The molecule has 0 radical (unpaired) electrons. The Morgan fingerprint density at radius 3 is 1.89 bits per heavy atom. The number of cyclic esters (lactones) is 1. The van der Waals surface area contributed by atoms with Crippen LogP contribution in [-0.4, -0.2) is 52.9 Å². The molecule has 2 heterocycles. The fraction of sp³-hybridized carbons (Fsp3) is 0.926. The molecule has 2 fully saturated rings. The number of nitrogens with one attached hydrogen (secondary N) is 1. The molecule has 0 aliphatic carbocycles. The number of rotatable bonds is 10. The Bertz CT molecular complexity index is 627. The van der Waals surface area contributed by atoms with E-state index in [0.717, 1.165) is 68.4 Å². The second-order valence-corrected chi connectivity index (χ2v) is 20.2. The summed E-state index contributed by atoms with van der Waals surface area (Å²) in [5.41, 5.74) is 0. The summed E-state index contributed by atoms with van der Waals surface area (Å²) < 4.78 is 19.9. The largest absolute Gasteiger partial charge is 0.466 e. The molecule has 0 bridgehead atoms. The summed E-state index contributed by atoms with van der Waals surface area (Å²) in [7, 11) is -4.05. The van der Waals surface area contributed by atoms with Crippen LogP contribution in [0.2, 0.25) is 36.3 Å². The van der Waals surface area contributed by atoms with E-state index in [1.165, 1.54) is 0 Å². The molecule has 35 heavy (non-hydrogen) atoms. The van der Waals surface area contributed by atoms with Crippen molar-refractivity contribution in [2.45, 2.75) is 153 Å². The molecule has 2 unspecified atom stereocenters. The lowest BCUT2D eigenvalue weighted by molar-refractivity contribution is -0.156. The lowest BCUT2D eigenvalue weighted by Gasteiger charge is -2.47. The van der Waals surface area contributed by atoms with Crippen LogP contribution in [0.1, 0.15) is 99.3 Å². The molecule has 1 N–H and O–H groups in total. The van der Waals surface area contributed by atoms with Gasteiger partial charge in [-0.25, -0.2) is 0 Å². The molecule has 0 spiro atoms. The number of hydrogen-bond donors (Lipinski definition) is 1. The first kappa shape index (κ1) is 30.7. The first-order valence-corrected chi connectivity index (χ1v) is 19.6. The zero-order valence-corrected chi connectivity index (χ0v) is 25.5. The lowest BCUT2D eigenvalue weighted by atomic mass is 9.98. The van der Waals surface area contributed by atoms with Crippen LogP contribution >= 0.6 is 0 Å². The number of hydrogen-bond acceptors (Lipinski definition) is 6. The van der Waals surface area contributed by atoms with Gasteiger partial charge in [-0.1, -0.05) is 48.0 Å². The van der Waals surface area contributed by atoms with Crippen molar-refractivity contribution < 1.29 is 23.2 Å². The second-order valence-electron chi connectivity index (χ2n) is 10.8. The Kier molecular flexibility index (Phi) is 12.6. The van der Waals surface area contributed by atoms with Gasteiger partial charge in [0, 0.05) is 24.9 Å². The molecule has 0 aromatic heterocycles. The number of esters is 1. The SMILES string of the molecule is CC[Si](CC)(CC)OC1(O[Si](CC)(CC)CC)CCCCC2NC2CCOC(=O)CCCC(=O)C1. The minimum atomic E-state index is -2.03. The van der Waals surface area contributed by atoms with Crippen molar-refractivity contribution in [2.75, 3.05) is 6.61 Å². The molecule has 0 saturated carbocycles. The smallest absolute Gasteiger partial charge is 0.305 e. The van der Waals surface area contributed by atoms with Crippen LogP contribution in [0.25, 0.3) is 0 Å². The Labute approximate surface area is 216 Å². The molecule has 2 rings (SSSR count). The molecule has 2 saturated heterocycles. The summed E-state index contributed by atoms with van der Waals surface area (Å²) in [6.45, 7) is 14.0. The highest BCUT2D eigenvalue weighted by atomic mass is 28.4. The third-order valence-corrected chi connectivity index (χ3v) is 18.1. The van der Waals surface area contributed by atoms with Gasteiger partial charge in [0.25, 0.3) is 0 Å². The van der Waals surface area contributed by atoms with Crippen LogP contribution in [0, 0.1) is 0 Å². The highest BCUT2D eigenvalue weighted by Gasteiger charge is 2.47. The molecule has 8 heteroatoms. The van der Waals surface area contributed by atoms with E-state index < -0.39 is 22.4 Å². The predicted octanol–water partition coefficient (Wildman–Crippen LogP) is 6.70. The molecule has 0 aromatic carbocycles. The third kappa shape index (κ3) is 9.06. The van der Waals surface area contributed by atoms with E-state index in [-0.39, 0.29) is 11.8 Å². The first-order valence-electron chi connectivity index (χ1n) is 14.6. The number of fused-ring (bicyclic) bond motifs is 1. The van der Waals surface area contributed by atoms with Crippen molar-refractivity contribution in [3.63, 3.8) is 0 Å². The van der Waals surface area contributed by atoms with Crippen molar-refractivity contribution in [2.24, 2.45) is 0 Å². The average molecular weight is 528 g/mol. The van der Waals surface area contributed by atoms with Crippen molar-refractivity contribution >= 4 is 28.4 Å². The monoisotopic (exact) mass is 527 g/mol. The maximum absolute atomic E-state index is 13.4. The lowest BCUT2D eigenvalue weighted by Crippen LogP contribution is -2.55. The molecule has 204 valence electrons. The van der Waals surface area contributed by atoms with Gasteiger partial charge in [-0.05, 0) is 68.4 Å². The molecular formula is C27H53NO5Si2. The number of carbonyl (C=O) groups is 2. The first-order chi connectivity index (χ1) is 16.7. The van der Waals surface area contributed by atoms with Gasteiger partial charge >= 0.3 is 5.97 Å². The van der Waals surface area contributed by atoms with E-state index in [1.54, 1.807) is 0 Å². The van der Waals surface area contributed by atoms with Crippen LogP contribution in [0.15, 0.2) is 0 Å². The van der Waals surface area contributed by atoms with Crippen molar-refractivity contribution in [1.82, 2.24) is 5.32 Å². The van der Waals surface area contributed by atoms with Gasteiger partial charge in [0.2, 0.25) is 0 Å². The van der Waals surface area contributed by atoms with Crippen LogP contribution < -0.4 is 5.32 Å². The Morgan fingerprint density at radius 2 is 1.34 bits per heavy atom. The van der Waals surface area contributed by atoms with Gasteiger partial charge in [0.05, 0.1) is 13.0 Å². The van der Waals surface area contributed by atoms with Crippen LogP contribution in [-0.2, 0) is 23.2 Å². The average Bonchev–Trinajstić information content (AvgIpc) is 3.61. The summed E-state index contributed by atoms with van der Waals surface area (Å²) in [5, 5.41) is 3.54. The van der Waals surface area contributed by atoms with Gasteiger partial charge in [0.1, 0.15) is 5.78 Å². The number of ketones is 1. The van der Waals surface area contributed by atoms with Crippen LogP contribution in [0.4, 0.5) is 0 Å². The molecule has 2 atom stereocenters. The zero-order valence-electron chi connectivity index (χ0n) is 23.5.